The molecule has 5 rings (SSSR count). The van der Waals surface area contributed by atoms with Crippen LogP contribution in [0.2, 0.25) is 0 Å². The Balaban J connectivity index is 1.25. The third kappa shape index (κ3) is 4.12. The number of hydrogen-bond acceptors (Lipinski definition) is 5. The minimum atomic E-state index is -4.75. The summed E-state index contributed by atoms with van der Waals surface area (Å²) in [5, 5.41) is 4.38. The molecule has 34 heavy (non-hydrogen) atoms. The van der Waals surface area contributed by atoms with Crippen molar-refractivity contribution in [1.29, 1.82) is 0 Å². The molecule has 0 saturated carbocycles. The van der Waals surface area contributed by atoms with E-state index >= 15 is 0 Å². The molecule has 2 amide bonds. The maximum absolute atomic E-state index is 13.0. The summed E-state index contributed by atoms with van der Waals surface area (Å²) >= 11 is 0. The molecule has 1 aliphatic rings. The number of benzene rings is 2. The summed E-state index contributed by atoms with van der Waals surface area (Å²) in [6, 6.07) is 13.4. The summed E-state index contributed by atoms with van der Waals surface area (Å²) in [5.74, 6) is -2.10. The molecule has 2 aromatic heterocycles. The highest BCUT2D eigenvalue weighted by Crippen LogP contribution is 2.29. The average molecular weight is 469 g/mol. The van der Waals surface area contributed by atoms with Crippen molar-refractivity contribution in [3.63, 3.8) is 0 Å². The fourth-order valence-electron chi connectivity index (χ4n) is 3.91. The normalized spacial score (nSPS) is 14.6. The lowest BCUT2D eigenvalue weighted by atomic mass is 10.1. The van der Waals surface area contributed by atoms with Gasteiger partial charge in [-0.3, -0.25) is 9.59 Å². The molecule has 3 heterocycles. The molecule has 0 unspecified atom stereocenters. The molecule has 0 radical (unpaired) electrons. The molecule has 0 atom stereocenters. The topological polar surface area (TPSA) is 95.3 Å². The minimum Gasteiger partial charge on any atom is -0.361 e. The molecule has 0 spiro atoms. The number of piperazine rings is 1. The Bertz CT molecular complexity index is 1370. The van der Waals surface area contributed by atoms with Crippen molar-refractivity contribution in [3.8, 4) is 11.4 Å². The highest BCUT2D eigenvalue weighted by molar-refractivity contribution is 5.98. The van der Waals surface area contributed by atoms with Crippen LogP contribution in [0.4, 0.5) is 13.2 Å². The number of aromatic nitrogens is 3. The van der Waals surface area contributed by atoms with E-state index in [2.05, 4.69) is 19.6 Å². The molecule has 1 fully saturated rings. The van der Waals surface area contributed by atoms with Crippen molar-refractivity contribution in [3.05, 3.63) is 71.7 Å². The van der Waals surface area contributed by atoms with E-state index in [-0.39, 0.29) is 28.8 Å². The van der Waals surface area contributed by atoms with Gasteiger partial charge in [-0.1, -0.05) is 23.4 Å². The molecule has 1 N–H and O–H groups in total. The van der Waals surface area contributed by atoms with Crippen molar-refractivity contribution in [2.24, 2.45) is 0 Å². The first-order valence-corrected chi connectivity index (χ1v) is 10.5. The fraction of sp³-hybridized carbons (Fsp3) is 0.217. The van der Waals surface area contributed by atoms with Gasteiger partial charge in [-0.05, 0) is 35.7 Å². The second-order valence-corrected chi connectivity index (χ2v) is 7.87. The first-order valence-electron chi connectivity index (χ1n) is 10.5. The summed E-state index contributed by atoms with van der Waals surface area (Å²) in [4.78, 5) is 35.6. The lowest BCUT2D eigenvalue weighted by Crippen LogP contribution is -2.50. The average Bonchev–Trinajstić information content (AvgIpc) is 3.53. The number of nitrogens with zero attached hydrogens (tertiary/aromatic N) is 4. The van der Waals surface area contributed by atoms with Crippen LogP contribution in [0.25, 0.3) is 22.3 Å². The second kappa shape index (κ2) is 8.32. The van der Waals surface area contributed by atoms with Crippen LogP contribution >= 0.6 is 0 Å². The van der Waals surface area contributed by atoms with Crippen molar-refractivity contribution in [2.75, 3.05) is 26.2 Å². The van der Waals surface area contributed by atoms with Crippen molar-refractivity contribution in [2.45, 2.75) is 6.18 Å². The van der Waals surface area contributed by atoms with Gasteiger partial charge in [-0.2, -0.15) is 18.2 Å². The number of alkyl halides is 3. The molecule has 4 aromatic rings. The molecular formula is C23H18F3N5O3. The van der Waals surface area contributed by atoms with Gasteiger partial charge in [0, 0.05) is 54.6 Å². The largest absolute Gasteiger partial charge is 0.471 e. The van der Waals surface area contributed by atoms with E-state index in [1.165, 1.54) is 12.1 Å². The van der Waals surface area contributed by atoms with Crippen LogP contribution in [-0.4, -0.2) is 62.9 Å². The van der Waals surface area contributed by atoms with Crippen LogP contribution in [0, 0.1) is 0 Å². The zero-order valence-electron chi connectivity index (χ0n) is 17.7. The number of aromatic amines is 1. The van der Waals surface area contributed by atoms with Crippen LogP contribution in [0.1, 0.15) is 26.6 Å². The van der Waals surface area contributed by atoms with Crippen molar-refractivity contribution in [1.82, 2.24) is 24.9 Å². The van der Waals surface area contributed by atoms with E-state index in [0.29, 0.717) is 31.7 Å². The predicted octanol–water partition coefficient (Wildman–Crippen LogP) is 3.83. The molecule has 1 aliphatic heterocycles. The first-order chi connectivity index (χ1) is 16.3. The molecule has 11 heteroatoms. The molecule has 8 nitrogen and oxygen atoms in total. The zero-order chi connectivity index (χ0) is 23.9. The fourth-order valence-corrected chi connectivity index (χ4v) is 3.91. The Morgan fingerprint density at radius 1 is 0.912 bits per heavy atom. The molecule has 0 bridgehead atoms. The van der Waals surface area contributed by atoms with Gasteiger partial charge in [-0.25, -0.2) is 0 Å². The second-order valence-electron chi connectivity index (χ2n) is 7.87. The molecule has 2 aromatic carbocycles. The predicted molar refractivity (Wildman–Crippen MR) is 115 cm³/mol. The van der Waals surface area contributed by atoms with Gasteiger partial charge >= 0.3 is 12.1 Å². The summed E-state index contributed by atoms with van der Waals surface area (Å²) in [6.07, 6.45) is -2.94. The lowest BCUT2D eigenvalue weighted by molar-refractivity contribution is -0.159. The van der Waals surface area contributed by atoms with E-state index in [1.54, 1.807) is 28.0 Å². The number of rotatable bonds is 3. The van der Waals surface area contributed by atoms with E-state index < -0.39 is 12.1 Å². The Hall–Kier alpha value is -4.15. The maximum atomic E-state index is 13.0. The quantitative estimate of drug-likeness (QED) is 0.492. The molecule has 1 saturated heterocycles. The van der Waals surface area contributed by atoms with Gasteiger partial charge in [0.1, 0.15) is 0 Å². The third-order valence-corrected chi connectivity index (χ3v) is 5.69. The van der Waals surface area contributed by atoms with Gasteiger partial charge in [0.2, 0.25) is 5.82 Å². The summed E-state index contributed by atoms with van der Waals surface area (Å²) < 4.78 is 42.5. The highest BCUT2D eigenvalue weighted by atomic mass is 19.4. The molecule has 174 valence electrons. The lowest BCUT2D eigenvalue weighted by Gasteiger charge is -2.35. The number of H-pyrrole nitrogens is 1. The van der Waals surface area contributed by atoms with Crippen LogP contribution in [0.15, 0.2) is 59.3 Å². The number of fused-ring (bicyclic) bond motifs is 1. The minimum absolute atomic E-state index is 0.108. The Morgan fingerprint density at radius 3 is 2.24 bits per heavy atom. The van der Waals surface area contributed by atoms with Crippen molar-refractivity contribution >= 4 is 22.7 Å². The van der Waals surface area contributed by atoms with Crippen LogP contribution in [0.5, 0.6) is 0 Å². The van der Waals surface area contributed by atoms with Gasteiger partial charge < -0.3 is 19.3 Å². The third-order valence-electron chi connectivity index (χ3n) is 5.69. The number of carbonyl (C=O) groups excluding carboxylic acids is 2. The Labute approximate surface area is 191 Å². The van der Waals surface area contributed by atoms with E-state index in [0.717, 1.165) is 10.9 Å². The smallest absolute Gasteiger partial charge is 0.361 e. The maximum Gasteiger partial charge on any atom is 0.471 e. The number of halogens is 3. The SMILES string of the molecule is O=C(c1cccc(-c2noc(C(F)(F)F)n2)c1)N1CCN(C(=O)c2ccc3cc[nH]c3c2)CC1. The standard InChI is InChI=1S/C23H18F3N5O3/c24-23(25,26)22-28-19(29-34-22)15-2-1-3-16(12-15)20(32)30-8-10-31(11-9-30)21(33)17-5-4-14-6-7-27-18(14)13-17/h1-7,12-13,27H,8-11H2. The van der Waals surface area contributed by atoms with E-state index in [1.807, 2.05) is 24.4 Å². The Morgan fingerprint density at radius 2 is 1.59 bits per heavy atom. The zero-order valence-corrected chi connectivity index (χ0v) is 17.7. The summed E-state index contributed by atoms with van der Waals surface area (Å²) in [5.41, 5.74) is 1.97. The summed E-state index contributed by atoms with van der Waals surface area (Å²) in [7, 11) is 0. The van der Waals surface area contributed by atoms with Gasteiger partial charge in [0.25, 0.3) is 11.8 Å². The number of carbonyl (C=O) groups is 2. The molecular weight excluding hydrogens is 451 g/mol. The Kier molecular flexibility index (Phi) is 5.31. The van der Waals surface area contributed by atoms with Crippen molar-refractivity contribution < 1.29 is 27.3 Å². The summed E-state index contributed by atoms with van der Waals surface area (Å²) in [6.45, 7) is 1.40. The van der Waals surface area contributed by atoms with Crippen LogP contribution < -0.4 is 0 Å². The van der Waals surface area contributed by atoms with Gasteiger partial charge in [0.05, 0.1) is 0 Å². The van der Waals surface area contributed by atoms with Crippen LogP contribution in [-0.2, 0) is 6.18 Å². The number of amides is 2. The number of hydrogen-bond donors (Lipinski definition) is 1. The van der Waals surface area contributed by atoms with Crippen LogP contribution in [0.3, 0.4) is 0 Å². The monoisotopic (exact) mass is 469 g/mol. The first kappa shape index (κ1) is 21.7. The van der Waals surface area contributed by atoms with Gasteiger partial charge in [0.15, 0.2) is 0 Å². The van der Waals surface area contributed by atoms with E-state index in [9.17, 15) is 22.8 Å². The highest BCUT2D eigenvalue weighted by Gasteiger charge is 2.38. The number of nitrogens with one attached hydrogen (secondary N) is 1. The van der Waals surface area contributed by atoms with Gasteiger partial charge in [-0.15, -0.1) is 0 Å². The van der Waals surface area contributed by atoms with E-state index in [4.69, 9.17) is 0 Å². The molecule has 0 aliphatic carbocycles.